The van der Waals surface area contributed by atoms with Crippen LogP contribution in [0.2, 0.25) is 0 Å². The third-order valence-electron chi connectivity index (χ3n) is 3.81. The molecule has 0 spiro atoms. The summed E-state index contributed by atoms with van der Waals surface area (Å²) >= 11 is 0. The molecule has 2 atom stereocenters. The number of tetrazole rings is 1. The van der Waals surface area contributed by atoms with E-state index in [0.717, 1.165) is 23.0 Å². The van der Waals surface area contributed by atoms with Crippen LogP contribution in [0.25, 0.3) is 11.4 Å². The Labute approximate surface area is 113 Å². The lowest BCUT2D eigenvalue weighted by Gasteiger charge is -2.14. The zero-order valence-electron chi connectivity index (χ0n) is 11.4. The fraction of sp³-hybridized carbons (Fsp3) is 0.500. The van der Waals surface area contributed by atoms with E-state index >= 15 is 0 Å². The van der Waals surface area contributed by atoms with Crippen molar-refractivity contribution in [1.29, 1.82) is 0 Å². The molecular weight excluding hydrogens is 238 g/mol. The molecule has 0 bridgehead atoms. The van der Waals surface area contributed by atoms with Crippen molar-refractivity contribution >= 4 is 5.69 Å². The third kappa shape index (κ3) is 2.59. The molecule has 1 heterocycles. The number of aromatic nitrogens is 4. The summed E-state index contributed by atoms with van der Waals surface area (Å²) in [4.78, 5) is 0. The summed E-state index contributed by atoms with van der Waals surface area (Å²) in [5.74, 6) is 1.63. The van der Waals surface area contributed by atoms with Gasteiger partial charge in [-0.1, -0.05) is 19.1 Å². The van der Waals surface area contributed by atoms with Crippen LogP contribution in [0, 0.1) is 5.92 Å². The van der Waals surface area contributed by atoms with Crippen LogP contribution in [0.3, 0.4) is 0 Å². The van der Waals surface area contributed by atoms with Crippen LogP contribution in [0.4, 0.5) is 5.69 Å². The highest BCUT2D eigenvalue weighted by Gasteiger charge is 2.21. The van der Waals surface area contributed by atoms with Crippen LogP contribution >= 0.6 is 0 Å². The maximum atomic E-state index is 4.05. The van der Waals surface area contributed by atoms with Gasteiger partial charge in [-0.05, 0) is 47.7 Å². The average molecular weight is 257 g/mol. The van der Waals surface area contributed by atoms with Crippen LogP contribution in [-0.2, 0) is 7.05 Å². The quantitative estimate of drug-likeness (QED) is 0.917. The van der Waals surface area contributed by atoms with Gasteiger partial charge in [-0.15, -0.1) is 5.10 Å². The molecule has 3 rings (SSSR count). The molecule has 0 radical (unpaired) electrons. The smallest absolute Gasteiger partial charge is 0.181 e. The second-order valence-electron chi connectivity index (χ2n) is 5.47. The Kier molecular flexibility index (Phi) is 3.19. The van der Waals surface area contributed by atoms with E-state index in [1.165, 1.54) is 19.3 Å². The highest BCUT2D eigenvalue weighted by atomic mass is 15.5. The lowest BCUT2D eigenvalue weighted by atomic mass is 10.1. The van der Waals surface area contributed by atoms with Crippen molar-refractivity contribution in [2.45, 2.75) is 32.2 Å². The van der Waals surface area contributed by atoms with Gasteiger partial charge in [0.1, 0.15) is 0 Å². The monoisotopic (exact) mass is 257 g/mol. The lowest BCUT2D eigenvalue weighted by molar-refractivity contribution is 0.602. The minimum Gasteiger partial charge on any atom is -0.382 e. The second-order valence-corrected chi connectivity index (χ2v) is 5.47. The predicted molar refractivity (Wildman–Crippen MR) is 74.7 cm³/mol. The number of nitrogens with zero attached hydrogens (tertiary/aromatic N) is 4. The van der Waals surface area contributed by atoms with Crippen molar-refractivity contribution in [1.82, 2.24) is 20.2 Å². The fourth-order valence-corrected chi connectivity index (χ4v) is 2.80. The topological polar surface area (TPSA) is 55.6 Å². The Bertz CT molecular complexity index is 562. The minimum atomic E-state index is 0.600. The Morgan fingerprint density at radius 1 is 1.32 bits per heavy atom. The van der Waals surface area contributed by atoms with Crippen molar-refractivity contribution in [2.75, 3.05) is 5.32 Å². The molecule has 1 aliphatic rings. The molecule has 1 fully saturated rings. The molecule has 100 valence electrons. The normalized spacial score (nSPS) is 22.6. The largest absolute Gasteiger partial charge is 0.382 e. The summed E-state index contributed by atoms with van der Waals surface area (Å²) in [6.45, 7) is 2.32. The number of rotatable bonds is 3. The van der Waals surface area contributed by atoms with Crippen LogP contribution in [0.15, 0.2) is 24.3 Å². The number of aryl methyl sites for hydroxylation is 1. The summed E-state index contributed by atoms with van der Waals surface area (Å²) < 4.78 is 1.69. The van der Waals surface area contributed by atoms with E-state index in [4.69, 9.17) is 0 Å². The molecule has 0 aliphatic heterocycles. The fourth-order valence-electron chi connectivity index (χ4n) is 2.80. The van der Waals surface area contributed by atoms with Gasteiger partial charge < -0.3 is 5.32 Å². The molecule has 2 unspecified atom stereocenters. The number of benzene rings is 1. The molecule has 19 heavy (non-hydrogen) atoms. The van der Waals surface area contributed by atoms with Crippen molar-refractivity contribution in [2.24, 2.45) is 13.0 Å². The number of hydrogen-bond donors (Lipinski definition) is 1. The standard InChI is InChI=1S/C14H19N5/c1-10-6-7-13(8-10)15-12-5-3-4-11(9-12)14-16-17-18-19(14)2/h3-5,9-10,13,15H,6-8H2,1-2H3. The average Bonchev–Trinajstić information content (AvgIpc) is 2.99. The zero-order valence-corrected chi connectivity index (χ0v) is 11.4. The molecular formula is C14H19N5. The van der Waals surface area contributed by atoms with Crippen LogP contribution in [-0.4, -0.2) is 26.2 Å². The van der Waals surface area contributed by atoms with Gasteiger partial charge in [0.25, 0.3) is 0 Å². The first-order valence-corrected chi connectivity index (χ1v) is 6.81. The van der Waals surface area contributed by atoms with Gasteiger partial charge in [-0.25, -0.2) is 4.68 Å². The van der Waals surface area contributed by atoms with E-state index in [2.05, 4.69) is 39.9 Å². The maximum absolute atomic E-state index is 4.05. The minimum absolute atomic E-state index is 0.600. The van der Waals surface area contributed by atoms with Crippen LogP contribution in [0.1, 0.15) is 26.2 Å². The summed E-state index contributed by atoms with van der Waals surface area (Å²) in [6.07, 6.45) is 3.84. The van der Waals surface area contributed by atoms with E-state index in [0.29, 0.717) is 6.04 Å². The van der Waals surface area contributed by atoms with Crippen molar-refractivity contribution < 1.29 is 0 Å². The first-order chi connectivity index (χ1) is 9.22. The first-order valence-electron chi connectivity index (χ1n) is 6.81. The summed E-state index contributed by atoms with van der Waals surface area (Å²) in [6, 6.07) is 8.91. The number of hydrogen-bond acceptors (Lipinski definition) is 4. The highest BCUT2D eigenvalue weighted by Crippen LogP contribution is 2.28. The summed E-state index contributed by atoms with van der Waals surface area (Å²) in [7, 11) is 1.86. The Balaban J connectivity index is 1.79. The van der Waals surface area contributed by atoms with Gasteiger partial charge in [0.2, 0.25) is 0 Å². The molecule has 5 heteroatoms. The number of anilines is 1. The summed E-state index contributed by atoms with van der Waals surface area (Å²) in [5.41, 5.74) is 2.20. The summed E-state index contributed by atoms with van der Waals surface area (Å²) in [5, 5.41) is 15.2. The van der Waals surface area contributed by atoms with E-state index < -0.39 is 0 Å². The van der Waals surface area contributed by atoms with Gasteiger partial charge >= 0.3 is 0 Å². The van der Waals surface area contributed by atoms with E-state index in [-0.39, 0.29) is 0 Å². The second kappa shape index (κ2) is 4.99. The van der Waals surface area contributed by atoms with Crippen molar-refractivity contribution in [3.05, 3.63) is 24.3 Å². The van der Waals surface area contributed by atoms with E-state index in [1.807, 2.05) is 19.2 Å². The predicted octanol–water partition coefficient (Wildman–Crippen LogP) is 2.48. The maximum Gasteiger partial charge on any atom is 0.181 e. The highest BCUT2D eigenvalue weighted by molar-refractivity contribution is 5.62. The van der Waals surface area contributed by atoms with Gasteiger partial charge in [-0.3, -0.25) is 0 Å². The van der Waals surface area contributed by atoms with Gasteiger partial charge in [-0.2, -0.15) is 0 Å². The van der Waals surface area contributed by atoms with Gasteiger partial charge in [0.15, 0.2) is 5.82 Å². The van der Waals surface area contributed by atoms with E-state index in [1.54, 1.807) is 4.68 Å². The molecule has 5 nitrogen and oxygen atoms in total. The van der Waals surface area contributed by atoms with Crippen molar-refractivity contribution in [3.8, 4) is 11.4 Å². The van der Waals surface area contributed by atoms with E-state index in [9.17, 15) is 0 Å². The first kappa shape index (κ1) is 12.1. The Hall–Kier alpha value is -1.91. The lowest BCUT2D eigenvalue weighted by Crippen LogP contribution is -2.15. The molecule has 1 saturated carbocycles. The molecule has 2 aromatic rings. The number of nitrogens with one attached hydrogen (secondary N) is 1. The zero-order chi connectivity index (χ0) is 13.2. The van der Waals surface area contributed by atoms with Crippen LogP contribution < -0.4 is 5.32 Å². The molecule has 0 saturated heterocycles. The molecule has 1 aromatic carbocycles. The van der Waals surface area contributed by atoms with Crippen LogP contribution in [0.5, 0.6) is 0 Å². The molecule has 1 aromatic heterocycles. The SMILES string of the molecule is CC1CCC(Nc2cccc(-c3nnnn3C)c2)C1. The molecule has 1 aliphatic carbocycles. The Morgan fingerprint density at radius 2 is 2.21 bits per heavy atom. The molecule has 1 N–H and O–H groups in total. The Morgan fingerprint density at radius 3 is 2.89 bits per heavy atom. The van der Waals surface area contributed by atoms with Crippen molar-refractivity contribution in [3.63, 3.8) is 0 Å². The molecule has 0 amide bonds. The van der Waals surface area contributed by atoms with Gasteiger partial charge in [0, 0.05) is 24.3 Å². The van der Waals surface area contributed by atoms with Gasteiger partial charge in [0.05, 0.1) is 0 Å². The third-order valence-corrected chi connectivity index (χ3v) is 3.81.